The Balaban J connectivity index is 0.000000248. The molecule has 0 saturated heterocycles. The maximum Gasteiger partial charge on any atom is 0.343 e. The first-order valence-electron chi connectivity index (χ1n) is 11.4. The maximum absolute atomic E-state index is 12.8. The van der Waals surface area contributed by atoms with Crippen LogP contribution in [0.3, 0.4) is 0 Å². The summed E-state index contributed by atoms with van der Waals surface area (Å²) in [5.74, 6) is 0.708. The number of hydrogen-bond donors (Lipinski definition) is 2. The summed E-state index contributed by atoms with van der Waals surface area (Å²) >= 11 is 0. The SMILES string of the molecule is CC(C)(O)Cc1ccc(OCCO)cc1.Cc1cc(C)c(C(=O)C2([PH+]=O)C=CC=CC2)c(C)c1. The standard InChI is InChI=1S/C16H17O2P.C12H18O3/c1-11-9-12(2)14(13(3)10-11)15(17)16(19-18)7-5-4-6-8-16;1-12(2,14)9-10-3-5-11(6-4-10)15-8-7-13/h4-7,9-10H,8H2,1-3H3;3-6,13-14H,7-9H2,1-2H3/p+1. The van der Waals surface area contributed by atoms with Crippen LogP contribution in [-0.4, -0.2) is 40.0 Å². The van der Waals surface area contributed by atoms with Crippen LogP contribution in [0.2, 0.25) is 0 Å². The van der Waals surface area contributed by atoms with Crippen LogP contribution < -0.4 is 4.74 Å². The summed E-state index contributed by atoms with van der Waals surface area (Å²) in [6.45, 7) is 9.79. The van der Waals surface area contributed by atoms with Crippen molar-refractivity contribution in [1.82, 2.24) is 0 Å². The van der Waals surface area contributed by atoms with Gasteiger partial charge in [-0.15, -0.1) is 0 Å². The van der Waals surface area contributed by atoms with Gasteiger partial charge >= 0.3 is 8.46 Å². The molecule has 1 aliphatic rings. The van der Waals surface area contributed by atoms with E-state index in [-0.39, 0.29) is 12.4 Å². The number of ether oxygens (including phenoxy) is 1. The summed E-state index contributed by atoms with van der Waals surface area (Å²) in [4.78, 5) is 12.8. The maximum atomic E-state index is 12.8. The van der Waals surface area contributed by atoms with Crippen molar-refractivity contribution in [3.8, 4) is 5.75 Å². The number of benzene rings is 2. The van der Waals surface area contributed by atoms with E-state index in [1.165, 1.54) is 0 Å². The van der Waals surface area contributed by atoms with Crippen LogP contribution in [0.5, 0.6) is 5.75 Å². The number of aliphatic hydroxyl groups is 2. The lowest BCUT2D eigenvalue weighted by Crippen LogP contribution is -2.32. The van der Waals surface area contributed by atoms with E-state index in [2.05, 4.69) is 0 Å². The van der Waals surface area contributed by atoms with Gasteiger partial charge in [0.1, 0.15) is 12.4 Å². The predicted octanol–water partition coefficient (Wildman–Crippen LogP) is 5.44. The number of ketones is 1. The lowest BCUT2D eigenvalue weighted by molar-refractivity contribution is 0.0809. The van der Waals surface area contributed by atoms with Crippen LogP contribution in [0.1, 0.15) is 52.9 Å². The number of allylic oxidation sites excluding steroid dienone is 4. The topological polar surface area (TPSA) is 83.8 Å². The Morgan fingerprint density at radius 2 is 1.71 bits per heavy atom. The van der Waals surface area contributed by atoms with Crippen LogP contribution in [0.4, 0.5) is 0 Å². The molecular weight excluding hydrogens is 447 g/mol. The normalized spacial score (nSPS) is 17.3. The van der Waals surface area contributed by atoms with Gasteiger partial charge in [-0.25, -0.2) is 0 Å². The number of hydrogen-bond acceptors (Lipinski definition) is 5. The number of carbonyl (C=O) groups is 1. The molecule has 0 saturated carbocycles. The number of Topliss-reactive ketones (excluding diaryl/α,β-unsaturated/α-hetero) is 1. The van der Waals surface area contributed by atoms with Gasteiger partial charge in [-0.3, -0.25) is 4.79 Å². The lowest BCUT2D eigenvalue weighted by Gasteiger charge is -2.19. The second-order valence-corrected chi connectivity index (χ2v) is 10.5. The summed E-state index contributed by atoms with van der Waals surface area (Å²) in [6.07, 6.45) is 8.51. The second kappa shape index (κ2) is 12.2. The molecule has 0 bridgehead atoms. The molecule has 0 radical (unpaired) electrons. The first kappa shape index (κ1) is 27.7. The molecule has 2 aromatic rings. The van der Waals surface area contributed by atoms with E-state index in [0.717, 1.165) is 28.0 Å². The minimum Gasteiger partial charge on any atom is -0.491 e. The van der Waals surface area contributed by atoms with E-state index in [4.69, 9.17) is 9.84 Å². The Morgan fingerprint density at radius 1 is 1.09 bits per heavy atom. The van der Waals surface area contributed by atoms with Gasteiger partial charge in [0.2, 0.25) is 10.9 Å². The third-order valence-electron chi connectivity index (χ3n) is 5.48. The van der Waals surface area contributed by atoms with Crippen LogP contribution in [0, 0.1) is 20.8 Å². The van der Waals surface area contributed by atoms with Crippen molar-refractivity contribution >= 4 is 14.2 Å². The minimum atomic E-state index is -0.875. The predicted molar refractivity (Wildman–Crippen MR) is 139 cm³/mol. The van der Waals surface area contributed by atoms with Gasteiger partial charge in [0.15, 0.2) is 0 Å². The molecule has 34 heavy (non-hydrogen) atoms. The largest absolute Gasteiger partial charge is 0.491 e. The first-order valence-corrected chi connectivity index (χ1v) is 12.3. The van der Waals surface area contributed by atoms with Crippen molar-refractivity contribution < 1.29 is 24.3 Å². The van der Waals surface area contributed by atoms with Gasteiger partial charge in [-0.1, -0.05) is 52.6 Å². The van der Waals surface area contributed by atoms with Crippen molar-refractivity contribution in [2.24, 2.45) is 0 Å². The van der Waals surface area contributed by atoms with Gasteiger partial charge in [0.25, 0.3) is 0 Å². The molecule has 2 unspecified atom stereocenters. The summed E-state index contributed by atoms with van der Waals surface area (Å²) in [7, 11) is -0.665. The fourth-order valence-electron chi connectivity index (χ4n) is 4.04. The van der Waals surface area contributed by atoms with Gasteiger partial charge in [-0.05, 0) is 69.5 Å². The average Bonchev–Trinajstić information content (AvgIpc) is 2.78. The lowest BCUT2D eigenvalue weighted by atomic mass is 9.86. The Labute approximate surface area is 204 Å². The summed E-state index contributed by atoms with van der Waals surface area (Å²) < 4.78 is 16.9. The van der Waals surface area contributed by atoms with E-state index >= 15 is 0 Å². The zero-order chi connectivity index (χ0) is 25.4. The van der Waals surface area contributed by atoms with Crippen LogP contribution >= 0.6 is 8.46 Å². The molecule has 0 heterocycles. The van der Waals surface area contributed by atoms with Gasteiger partial charge in [0, 0.05) is 18.4 Å². The van der Waals surface area contributed by atoms with Crippen LogP contribution in [0.15, 0.2) is 60.7 Å². The zero-order valence-corrected chi connectivity index (χ0v) is 21.7. The Morgan fingerprint density at radius 3 is 2.18 bits per heavy atom. The van der Waals surface area contributed by atoms with Crippen LogP contribution in [0.25, 0.3) is 0 Å². The van der Waals surface area contributed by atoms with E-state index in [9.17, 15) is 14.5 Å². The highest BCUT2D eigenvalue weighted by atomic mass is 31.1. The van der Waals surface area contributed by atoms with Gasteiger partial charge in [0.05, 0.1) is 12.2 Å². The summed E-state index contributed by atoms with van der Waals surface area (Å²) in [6, 6.07) is 11.5. The minimum absolute atomic E-state index is 0.0193. The zero-order valence-electron chi connectivity index (χ0n) is 20.7. The van der Waals surface area contributed by atoms with E-state index in [1.807, 2.05) is 75.4 Å². The number of aliphatic hydroxyl groups excluding tert-OH is 1. The highest BCUT2D eigenvalue weighted by Gasteiger charge is 2.45. The number of aryl methyl sites for hydroxylation is 3. The van der Waals surface area contributed by atoms with Crippen molar-refractivity contribution in [3.05, 3.63) is 88.5 Å². The van der Waals surface area contributed by atoms with Gasteiger partial charge in [-0.2, -0.15) is 0 Å². The molecule has 2 aromatic carbocycles. The van der Waals surface area contributed by atoms with Crippen molar-refractivity contribution in [2.45, 2.75) is 58.2 Å². The van der Waals surface area contributed by atoms with Gasteiger partial charge < -0.3 is 14.9 Å². The summed E-state index contributed by atoms with van der Waals surface area (Å²) in [5.41, 5.74) is 4.16. The van der Waals surface area contributed by atoms with E-state index in [1.54, 1.807) is 19.9 Å². The van der Waals surface area contributed by atoms with E-state index in [0.29, 0.717) is 25.0 Å². The molecule has 0 aromatic heterocycles. The Hall–Kier alpha value is -2.59. The van der Waals surface area contributed by atoms with Crippen molar-refractivity contribution in [1.29, 1.82) is 0 Å². The average molecular weight is 484 g/mol. The van der Waals surface area contributed by atoms with Crippen LogP contribution in [-0.2, 0) is 11.0 Å². The fraction of sp³-hybridized carbons (Fsp3) is 0.393. The first-order chi connectivity index (χ1) is 16.0. The molecular formula is C28H36O5P+. The van der Waals surface area contributed by atoms with Crippen molar-refractivity contribution in [2.75, 3.05) is 13.2 Å². The Kier molecular flexibility index (Phi) is 9.93. The molecule has 0 fully saturated rings. The third kappa shape index (κ3) is 7.73. The molecule has 6 heteroatoms. The molecule has 1 aliphatic carbocycles. The smallest absolute Gasteiger partial charge is 0.343 e. The molecule has 0 amide bonds. The summed E-state index contributed by atoms with van der Waals surface area (Å²) in [5, 5.41) is 17.3. The third-order valence-corrected chi connectivity index (χ3v) is 6.44. The number of rotatable bonds is 8. The molecule has 182 valence electrons. The highest BCUT2D eigenvalue weighted by molar-refractivity contribution is 7.28. The second-order valence-electron chi connectivity index (χ2n) is 9.37. The Bertz CT molecular complexity index is 1020. The van der Waals surface area contributed by atoms with E-state index < -0.39 is 19.2 Å². The highest BCUT2D eigenvalue weighted by Crippen LogP contribution is 2.37. The monoisotopic (exact) mass is 483 g/mol. The number of carbonyl (C=O) groups excluding carboxylic acids is 1. The fourth-order valence-corrected chi connectivity index (χ4v) is 4.62. The molecule has 3 rings (SSSR count). The molecule has 2 atom stereocenters. The molecule has 0 aliphatic heterocycles. The quantitative estimate of drug-likeness (QED) is 0.386. The van der Waals surface area contributed by atoms with Crippen molar-refractivity contribution in [3.63, 3.8) is 0 Å². The molecule has 2 N–H and O–H groups in total. The molecule has 5 nitrogen and oxygen atoms in total. The molecule has 0 spiro atoms.